The first-order valence-electron chi connectivity index (χ1n) is 6.83. The van der Waals surface area contributed by atoms with Gasteiger partial charge in [-0.2, -0.15) is 0 Å². The molecule has 0 bridgehead atoms. The summed E-state index contributed by atoms with van der Waals surface area (Å²) in [6, 6.07) is 4.73. The third-order valence-corrected chi connectivity index (χ3v) is 5.40. The van der Waals surface area contributed by atoms with Crippen LogP contribution in [-0.2, 0) is 5.75 Å². The first kappa shape index (κ1) is 15.9. The van der Waals surface area contributed by atoms with E-state index < -0.39 is 11.8 Å². The number of benzene rings is 1. The fourth-order valence-electron chi connectivity index (χ4n) is 2.22. The molecule has 0 aliphatic rings. The van der Waals surface area contributed by atoms with Gasteiger partial charge >= 0.3 is 5.97 Å². The number of fused-ring (bicyclic) bond motifs is 1. The van der Waals surface area contributed by atoms with Crippen LogP contribution in [0.5, 0.6) is 0 Å². The van der Waals surface area contributed by atoms with E-state index in [-0.39, 0.29) is 16.7 Å². The summed E-state index contributed by atoms with van der Waals surface area (Å²) in [5.41, 5.74) is 0.471. The Morgan fingerprint density at radius 1 is 1.48 bits per heavy atom. The van der Waals surface area contributed by atoms with E-state index in [0.29, 0.717) is 20.8 Å². The van der Waals surface area contributed by atoms with Crippen molar-refractivity contribution in [2.45, 2.75) is 30.8 Å². The molecule has 3 aromatic rings. The second-order valence-electron chi connectivity index (χ2n) is 5.12. The lowest BCUT2D eigenvalue weighted by Crippen LogP contribution is -2.05. The third-order valence-electron chi connectivity index (χ3n) is 3.25. The summed E-state index contributed by atoms with van der Waals surface area (Å²) in [5.74, 6) is -1.18. The Bertz CT molecular complexity index is 875. The van der Waals surface area contributed by atoms with Crippen molar-refractivity contribution < 1.29 is 14.3 Å². The molecule has 0 atom stereocenters. The Morgan fingerprint density at radius 2 is 2.26 bits per heavy atom. The first-order valence-corrected chi connectivity index (χ1v) is 8.63. The Labute approximate surface area is 139 Å². The molecule has 0 saturated heterocycles. The van der Waals surface area contributed by atoms with Gasteiger partial charge < -0.3 is 5.11 Å². The molecule has 3 rings (SSSR count). The molecule has 0 radical (unpaired) electrons. The van der Waals surface area contributed by atoms with Crippen molar-refractivity contribution in [1.29, 1.82) is 0 Å². The lowest BCUT2D eigenvalue weighted by molar-refractivity contribution is 0.0701. The number of aromatic nitrogens is 4. The van der Waals surface area contributed by atoms with Gasteiger partial charge in [-0.25, -0.2) is 13.9 Å². The van der Waals surface area contributed by atoms with Crippen LogP contribution in [0, 0.1) is 5.82 Å². The van der Waals surface area contributed by atoms with Gasteiger partial charge in [-0.3, -0.25) is 0 Å². The Hall–Kier alpha value is -2.00. The highest BCUT2D eigenvalue weighted by Crippen LogP contribution is 2.36. The van der Waals surface area contributed by atoms with E-state index in [2.05, 4.69) is 15.5 Å². The SMILES string of the molecule is CC(C)n1nnnc1SCc1c(C(=O)O)sc2cccc(F)c12. The number of hydrogen-bond donors (Lipinski definition) is 1. The van der Waals surface area contributed by atoms with Crippen LogP contribution >= 0.6 is 23.1 Å². The molecule has 0 amide bonds. The van der Waals surface area contributed by atoms with Gasteiger partial charge in [0, 0.05) is 15.8 Å². The molecule has 23 heavy (non-hydrogen) atoms. The maximum atomic E-state index is 14.2. The highest BCUT2D eigenvalue weighted by Gasteiger charge is 2.21. The monoisotopic (exact) mass is 352 g/mol. The molecule has 0 spiro atoms. The molecular formula is C14H13FN4O2S2. The van der Waals surface area contributed by atoms with Crippen molar-refractivity contribution in [3.05, 3.63) is 34.5 Å². The highest BCUT2D eigenvalue weighted by atomic mass is 32.2. The van der Waals surface area contributed by atoms with Crippen LogP contribution in [0.25, 0.3) is 10.1 Å². The minimum atomic E-state index is -1.05. The van der Waals surface area contributed by atoms with E-state index in [4.69, 9.17) is 0 Å². The summed E-state index contributed by atoms with van der Waals surface area (Å²) in [4.78, 5) is 11.6. The maximum Gasteiger partial charge on any atom is 0.346 e. The topological polar surface area (TPSA) is 80.9 Å². The first-order chi connectivity index (χ1) is 11.0. The summed E-state index contributed by atoms with van der Waals surface area (Å²) in [5, 5.41) is 21.8. The predicted molar refractivity (Wildman–Crippen MR) is 86.5 cm³/mol. The molecule has 120 valence electrons. The lowest BCUT2D eigenvalue weighted by Gasteiger charge is -2.07. The lowest BCUT2D eigenvalue weighted by atomic mass is 10.1. The molecule has 0 unspecified atom stereocenters. The minimum absolute atomic E-state index is 0.0856. The van der Waals surface area contributed by atoms with E-state index in [1.165, 1.54) is 17.8 Å². The number of halogens is 1. The van der Waals surface area contributed by atoms with Crippen molar-refractivity contribution in [2.24, 2.45) is 0 Å². The van der Waals surface area contributed by atoms with E-state index in [1.807, 2.05) is 13.8 Å². The zero-order valence-electron chi connectivity index (χ0n) is 12.4. The van der Waals surface area contributed by atoms with Crippen LogP contribution < -0.4 is 0 Å². The molecule has 6 nitrogen and oxygen atoms in total. The zero-order valence-corrected chi connectivity index (χ0v) is 14.0. The van der Waals surface area contributed by atoms with Gasteiger partial charge in [0.1, 0.15) is 10.7 Å². The maximum absolute atomic E-state index is 14.2. The number of carbonyl (C=O) groups is 1. The van der Waals surface area contributed by atoms with E-state index >= 15 is 0 Å². The molecule has 0 fully saturated rings. The summed E-state index contributed by atoms with van der Waals surface area (Å²) >= 11 is 2.38. The smallest absolute Gasteiger partial charge is 0.346 e. The molecule has 1 N–H and O–H groups in total. The highest BCUT2D eigenvalue weighted by molar-refractivity contribution is 7.98. The predicted octanol–water partition coefficient (Wildman–Crippen LogP) is 3.60. The van der Waals surface area contributed by atoms with Crippen molar-refractivity contribution in [3.8, 4) is 0 Å². The third kappa shape index (κ3) is 2.93. The van der Waals surface area contributed by atoms with Crippen molar-refractivity contribution in [2.75, 3.05) is 0 Å². The van der Waals surface area contributed by atoms with Crippen LogP contribution in [0.4, 0.5) is 4.39 Å². The second kappa shape index (κ2) is 6.25. The van der Waals surface area contributed by atoms with Gasteiger partial charge in [0.25, 0.3) is 0 Å². The molecule has 2 heterocycles. The van der Waals surface area contributed by atoms with Gasteiger partial charge in [0.05, 0.1) is 6.04 Å². The van der Waals surface area contributed by atoms with Crippen LogP contribution in [0.1, 0.15) is 35.1 Å². The molecule has 9 heteroatoms. The van der Waals surface area contributed by atoms with Gasteiger partial charge in [0.2, 0.25) is 5.16 Å². The summed E-state index contributed by atoms with van der Waals surface area (Å²) in [6.07, 6.45) is 0. The molecule has 1 aromatic carbocycles. The van der Waals surface area contributed by atoms with Gasteiger partial charge in [-0.15, -0.1) is 16.4 Å². The van der Waals surface area contributed by atoms with Crippen LogP contribution in [-0.4, -0.2) is 31.3 Å². The van der Waals surface area contributed by atoms with Crippen molar-refractivity contribution in [1.82, 2.24) is 20.2 Å². The summed E-state index contributed by atoms with van der Waals surface area (Å²) in [6.45, 7) is 3.89. The quantitative estimate of drug-likeness (QED) is 0.707. The number of carboxylic acid groups (broad SMARTS) is 1. The van der Waals surface area contributed by atoms with Gasteiger partial charge in [-0.1, -0.05) is 17.8 Å². The normalized spacial score (nSPS) is 11.5. The van der Waals surface area contributed by atoms with Crippen molar-refractivity contribution >= 4 is 39.2 Å². The molecule has 0 aliphatic heterocycles. The number of thiophene rings is 1. The van der Waals surface area contributed by atoms with Crippen LogP contribution in [0.15, 0.2) is 23.4 Å². The average molecular weight is 352 g/mol. The van der Waals surface area contributed by atoms with Crippen molar-refractivity contribution in [3.63, 3.8) is 0 Å². The molecular weight excluding hydrogens is 339 g/mol. The van der Waals surface area contributed by atoms with Crippen LogP contribution in [0.3, 0.4) is 0 Å². The Kier molecular flexibility index (Phi) is 4.31. The zero-order chi connectivity index (χ0) is 16.6. The number of tetrazole rings is 1. The number of nitrogens with zero attached hydrogens (tertiary/aromatic N) is 4. The number of thioether (sulfide) groups is 1. The van der Waals surface area contributed by atoms with E-state index in [1.54, 1.807) is 16.8 Å². The Balaban J connectivity index is 2.00. The fraction of sp³-hybridized carbons (Fsp3) is 0.286. The second-order valence-corrected chi connectivity index (χ2v) is 7.11. The Morgan fingerprint density at radius 3 is 2.96 bits per heavy atom. The van der Waals surface area contributed by atoms with Gasteiger partial charge in [-0.05, 0) is 42.0 Å². The molecule has 2 aromatic heterocycles. The number of hydrogen-bond acceptors (Lipinski definition) is 6. The molecule has 0 aliphatic carbocycles. The average Bonchev–Trinajstić information content (AvgIpc) is 3.09. The summed E-state index contributed by atoms with van der Waals surface area (Å²) in [7, 11) is 0. The number of carboxylic acids is 1. The minimum Gasteiger partial charge on any atom is -0.477 e. The van der Waals surface area contributed by atoms with E-state index in [0.717, 1.165) is 11.3 Å². The molecule has 0 saturated carbocycles. The summed E-state index contributed by atoms with van der Waals surface area (Å²) < 4.78 is 16.4. The fourth-order valence-corrected chi connectivity index (χ4v) is 4.42. The standard InChI is InChI=1S/C14H13FN4O2S2/c1-7(2)19-14(16-17-18-19)22-6-8-11-9(15)4-3-5-10(11)23-12(8)13(20)21/h3-5,7H,6H2,1-2H3,(H,20,21). The number of aromatic carboxylic acids is 1. The number of rotatable bonds is 5. The van der Waals surface area contributed by atoms with Gasteiger partial charge in [0.15, 0.2) is 0 Å². The van der Waals surface area contributed by atoms with E-state index in [9.17, 15) is 14.3 Å². The largest absolute Gasteiger partial charge is 0.477 e. The van der Waals surface area contributed by atoms with Crippen LogP contribution in [0.2, 0.25) is 0 Å².